The van der Waals surface area contributed by atoms with Crippen molar-refractivity contribution in [3.05, 3.63) is 29.8 Å². The average Bonchev–Trinajstić information content (AvgIpc) is 2.57. The van der Waals surface area contributed by atoms with Crippen LogP contribution in [0.5, 0.6) is 0 Å². The van der Waals surface area contributed by atoms with Gasteiger partial charge in [0.15, 0.2) is 5.11 Å². The molecule has 0 saturated carbocycles. The lowest BCUT2D eigenvalue weighted by molar-refractivity contribution is -0.132. The van der Waals surface area contributed by atoms with E-state index >= 15 is 0 Å². The minimum atomic E-state index is -0.00992. The van der Waals surface area contributed by atoms with Crippen molar-refractivity contribution in [2.45, 2.75) is 58.7 Å². The molecular formula is C21H32N4OS. The molecule has 1 aromatic carbocycles. The van der Waals surface area contributed by atoms with Gasteiger partial charge in [-0.2, -0.15) is 0 Å². The van der Waals surface area contributed by atoms with E-state index in [9.17, 15) is 4.79 Å². The molecule has 148 valence electrons. The van der Waals surface area contributed by atoms with Gasteiger partial charge in [0, 0.05) is 42.9 Å². The van der Waals surface area contributed by atoms with Crippen LogP contribution in [0.1, 0.15) is 39.7 Å². The van der Waals surface area contributed by atoms with E-state index in [2.05, 4.69) is 69.1 Å². The summed E-state index contributed by atoms with van der Waals surface area (Å²) in [6, 6.07) is 9.15. The number of rotatable bonds is 3. The van der Waals surface area contributed by atoms with Gasteiger partial charge >= 0.3 is 0 Å². The summed E-state index contributed by atoms with van der Waals surface area (Å²) in [6.45, 7) is 13.5. The summed E-state index contributed by atoms with van der Waals surface area (Å²) in [5.41, 5.74) is 2.50. The largest absolute Gasteiger partial charge is 0.365 e. The molecule has 1 N–H and O–H groups in total. The Morgan fingerprint density at radius 3 is 2.63 bits per heavy atom. The number of thiocarbonyl (C=S) groups is 1. The standard InChI is InChI=1S/C21H32N4OS/c1-15-7-6-8-18(11-15)24-10-9-23(13-17(24)3)19(26)14-25-16(2)12-21(4,5)22-20(25)27/h6-8,11,16-17H,9-10,12-14H2,1-5H3,(H,22,27)/t16-,17+/m1/s1. The number of hydrogen-bond acceptors (Lipinski definition) is 3. The molecule has 3 rings (SSSR count). The van der Waals surface area contributed by atoms with Gasteiger partial charge in [0.05, 0.1) is 6.54 Å². The summed E-state index contributed by atoms with van der Waals surface area (Å²) in [6.07, 6.45) is 0.970. The second kappa shape index (κ2) is 7.66. The zero-order valence-electron chi connectivity index (χ0n) is 17.2. The number of amides is 1. The zero-order chi connectivity index (χ0) is 19.8. The lowest BCUT2D eigenvalue weighted by atomic mass is 9.93. The van der Waals surface area contributed by atoms with Crippen molar-refractivity contribution in [1.82, 2.24) is 15.1 Å². The maximum absolute atomic E-state index is 12.9. The molecule has 0 unspecified atom stereocenters. The second-order valence-corrected chi connectivity index (χ2v) is 9.10. The van der Waals surface area contributed by atoms with Crippen LogP contribution in [0.25, 0.3) is 0 Å². The smallest absolute Gasteiger partial charge is 0.242 e. The maximum atomic E-state index is 12.9. The van der Waals surface area contributed by atoms with E-state index in [1.807, 2.05) is 9.80 Å². The number of aryl methyl sites for hydroxylation is 1. The third-order valence-corrected chi connectivity index (χ3v) is 6.00. The number of carbonyl (C=O) groups excluding carboxylic acids is 1. The number of anilines is 1. The number of nitrogens with one attached hydrogen (secondary N) is 1. The molecule has 1 amide bonds. The van der Waals surface area contributed by atoms with E-state index in [1.54, 1.807) is 0 Å². The Morgan fingerprint density at radius 1 is 1.26 bits per heavy atom. The van der Waals surface area contributed by atoms with Crippen molar-refractivity contribution in [2.24, 2.45) is 0 Å². The third-order valence-electron chi connectivity index (χ3n) is 5.66. The molecule has 1 aromatic rings. The molecule has 2 aliphatic heterocycles. The quantitative estimate of drug-likeness (QED) is 0.806. The molecule has 0 aliphatic carbocycles. The van der Waals surface area contributed by atoms with Gasteiger partial charge in [0.1, 0.15) is 0 Å². The van der Waals surface area contributed by atoms with Gasteiger partial charge in [-0.25, -0.2) is 0 Å². The average molecular weight is 389 g/mol. The van der Waals surface area contributed by atoms with E-state index in [4.69, 9.17) is 12.2 Å². The van der Waals surface area contributed by atoms with Crippen LogP contribution in [-0.4, -0.2) is 64.6 Å². The van der Waals surface area contributed by atoms with Crippen LogP contribution in [0.3, 0.4) is 0 Å². The Bertz CT molecular complexity index is 720. The Morgan fingerprint density at radius 2 is 2.00 bits per heavy atom. The van der Waals surface area contributed by atoms with Crippen molar-refractivity contribution in [1.29, 1.82) is 0 Å². The monoisotopic (exact) mass is 388 g/mol. The van der Waals surface area contributed by atoms with Gasteiger partial charge in [-0.3, -0.25) is 4.79 Å². The lowest BCUT2D eigenvalue weighted by Crippen LogP contribution is -2.63. The predicted octanol–water partition coefficient (Wildman–Crippen LogP) is 2.78. The fourth-order valence-electron chi connectivity index (χ4n) is 4.31. The second-order valence-electron chi connectivity index (χ2n) is 8.72. The number of benzene rings is 1. The zero-order valence-corrected chi connectivity index (χ0v) is 18.0. The highest BCUT2D eigenvalue weighted by Gasteiger charge is 2.35. The summed E-state index contributed by atoms with van der Waals surface area (Å²) >= 11 is 5.53. The van der Waals surface area contributed by atoms with E-state index < -0.39 is 0 Å². The van der Waals surface area contributed by atoms with Crippen molar-refractivity contribution in [3.8, 4) is 0 Å². The van der Waals surface area contributed by atoms with Crippen LogP contribution >= 0.6 is 12.2 Å². The molecule has 0 aromatic heterocycles. The third kappa shape index (κ3) is 4.54. The highest BCUT2D eigenvalue weighted by molar-refractivity contribution is 7.80. The van der Waals surface area contributed by atoms with Crippen LogP contribution in [0, 0.1) is 6.92 Å². The topological polar surface area (TPSA) is 38.8 Å². The molecular weight excluding hydrogens is 356 g/mol. The molecule has 0 bridgehead atoms. The van der Waals surface area contributed by atoms with Gasteiger partial charge in [-0.15, -0.1) is 0 Å². The molecule has 2 saturated heterocycles. The normalized spacial score (nSPS) is 25.4. The first-order valence-corrected chi connectivity index (χ1v) is 10.3. The Labute approximate surface area is 168 Å². The Balaban J connectivity index is 1.60. The summed E-state index contributed by atoms with van der Waals surface area (Å²) < 4.78 is 0. The first-order chi connectivity index (χ1) is 12.7. The van der Waals surface area contributed by atoms with E-state index in [0.717, 1.165) is 26.1 Å². The minimum Gasteiger partial charge on any atom is -0.365 e. The van der Waals surface area contributed by atoms with Crippen LogP contribution in [-0.2, 0) is 4.79 Å². The molecule has 6 heteroatoms. The maximum Gasteiger partial charge on any atom is 0.242 e. The molecule has 0 spiro atoms. The summed E-state index contributed by atoms with van der Waals surface area (Å²) in [4.78, 5) is 19.4. The van der Waals surface area contributed by atoms with Gasteiger partial charge < -0.3 is 20.0 Å². The Kier molecular flexibility index (Phi) is 5.65. The van der Waals surface area contributed by atoms with Crippen molar-refractivity contribution in [3.63, 3.8) is 0 Å². The fourth-order valence-corrected chi connectivity index (χ4v) is 4.83. The van der Waals surface area contributed by atoms with Crippen LogP contribution < -0.4 is 10.2 Å². The number of carbonyl (C=O) groups is 1. The summed E-state index contributed by atoms with van der Waals surface area (Å²) in [5, 5.41) is 4.06. The molecule has 5 nitrogen and oxygen atoms in total. The van der Waals surface area contributed by atoms with Crippen LogP contribution in [0.4, 0.5) is 5.69 Å². The van der Waals surface area contributed by atoms with Crippen molar-refractivity contribution in [2.75, 3.05) is 31.1 Å². The van der Waals surface area contributed by atoms with Gasteiger partial charge in [0.2, 0.25) is 5.91 Å². The summed E-state index contributed by atoms with van der Waals surface area (Å²) in [5.74, 6) is 0.168. The van der Waals surface area contributed by atoms with Crippen LogP contribution in [0.2, 0.25) is 0 Å². The van der Waals surface area contributed by atoms with Crippen molar-refractivity contribution >= 4 is 28.9 Å². The molecule has 2 aliphatic rings. The highest BCUT2D eigenvalue weighted by atomic mass is 32.1. The van der Waals surface area contributed by atoms with Gasteiger partial charge in [-0.1, -0.05) is 12.1 Å². The number of nitrogens with zero attached hydrogens (tertiary/aromatic N) is 3. The summed E-state index contributed by atoms with van der Waals surface area (Å²) in [7, 11) is 0. The highest BCUT2D eigenvalue weighted by Crippen LogP contribution is 2.24. The van der Waals surface area contributed by atoms with E-state index in [0.29, 0.717) is 17.7 Å². The number of piperazine rings is 1. The van der Waals surface area contributed by atoms with Gasteiger partial charge in [0.25, 0.3) is 0 Å². The molecule has 2 fully saturated rings. The minimum absolute atomic E-state index is 0.00992. The molecule has 2 atom stereocenters. The van der Waals surface area contributed by atoms with E-state index in [-0.39, 0.29) is 17.5 Å². The fraction of sp³-hybridized carbons (Fsp3) is 0.619. The predicted molar refractivity (Wildman–Crippen MR) is 115 cm³/mol. The SMILES string of the molecule is Cc1cccc(N2CCN(C(=O)CN3C(=S)NC(C)(C)C[C@H]3C)C[C@@H]2C)c1. The molecule has 2 heterocycles. The van der Waals surface area contributed by atoms with Crippen LogP contribution in [0.15, 0.2) is 24.3 Å². The van der Waals surface area contributed by atoms with E-state index in [1.165, 1.54) is 11.3 Å². The Hall–Kier alpha value is -1.82. The first kappa shape index (κ1) is 19.9. The van der Waals surface area contributed by atoms with Crippen molar-refractivity contribution < 1.29 is 4.79 Å². The number of hydrogen-bond donors (Lipinski definition) is 1. The molecule has 0 radical (unpaired) electrons. The molecule has 27 heavy (non-hydrogen) atoms. The first-order valence-electron chi connectivity index (χ1n) is 9.86. The van der Waals surface area contributed by atoms with Gasteiger partial charge in [-0.05, 0) is 71.0 Å². The lowest BCUT2D eigenvalue weighted by Gasteiger charge is -2.46.